The lowest BCUT2D eigenvalue weighted by atomic mass is 10.3. The van der Waals surface area contributed by atoms with Crippen molar-refractivity contribution in [2.24, 2.45) is 5.92 Å². The Labute approximate surface area is 74.1 Å². The Morgan fingerprint density at radius 3 is 2.67 bits per heavy atom. The lowest BCUT2D eigenvalue weighted by Crippen LogP contribution is -2.28. The number of rotatable bonds is 5. The van der Waals surface area contributed by atoms with E-state index in [0.29, 0.717) is 5.92 Å². The predicted molar refractivity (Wildman–Crippen MR) is 48.9 cm³/mol. The number of carbonyl (C=O) groups excluding carboxylic acids is 1. The van der Waals surface area contributed by atoms with Crippen molar-refractivity contribution in [2.75, 3.05) is 27.2 Å². The van der Waals surface area contributed by atoms with E-state index in [1.807, 2.05) is 14.1 Å². The van der Waals surface area contributed by atoms with Crippen LogP contribution in [-0.4, -0.2) is 38.0 Å². The lowest BCUT2D eigenvalue weighted by Gasteiger charge is -2.09. The average Bonchev–Trinajstić information content (AvgIpc) is 2.79. The van der Waals surface area contributed by atoms with Gasteiger partial charge < -0.3 is 10.2 Å². The molecule has 0 saturated heterocycles. The first-order valence-corrected chi connectivity index (χ1v) is 4.62. The summed E-state index contributed by atoms with van der Waals surface area (Å²) >= 11 is 0. The van der Waals surface area contributed by atoms with Gasteiger partial charge in [-0.25, -0.2) is 0 Å². The van der Waals surface area contributed by atoms with Crippen molar-refractivity contribution in [3.8, 4) is 0 Å². The van der Waals surface area contributed by atoms with Crippen molar-refractivity contribution in [1.82, 2.24) is 10.2 Å². The van der Waals surface area contributed by atoms with Crippen molar-refractivity contribution in [3.63, 3.8) is 0 Å². The maximum atomic E-state index is 11.1. The van der Waals surface area contributed by atoms with E-state index < -0.39 is 0 Å². The minimum absolute atomic E-state index is 0.258. The molecule has 0 aromatic carbocycles. The number of nitrogens with zero attached hydrogens (tertiary/aromatic N) is 1. The molecule has 0 unspecified atom stereocenters. The van der Waals surface area contributed by atoms with E-state index in [0.717, 1.165) is 32.4 Å². The minimum atomic E-state index is 0.258. The molecule has 1 N–H and O–H groups in total. The zero-order chi connectivity index (χ0) is 8.97. The summed E-state index contributed by atoms with van der Waals surface area (Å²) in [5.41, 5.74) is 0. The maximum absolute atomic E-state index is 11.1. The van der Waals surface area contributed by atoms with Gasteiger partial charge >= 0.3 is 0 Å². The van der Waals surface area contributed by atoms with Crippen LogP contribution in [0.15, 0.2) is 0 Å². The van der Waals surface area contributed by atoms with Crippen molar-refractivity contribution < 1.29 is 4.79 Å². The van der Waals surface area contributed by atoms with Gasteiger partial charge in [0.15, 0.2) is 0 Å². The van der Waals surface area contributed by atoms with Crippen LogP contribution >= 0.6 is 0 Å². The molecule has 1 rings (SSSR count). The summed E-state index contributed by atoms with van der Waals surface area (Å²) in [7, 11) is 4.09. The van der Waals surface area contributed by atoms with Crippen molar-refractivity contribution in [2.45, 2.75) is 19.3 Å². The first-order chi connectivity index (χ1) is 5.70. The van der Waals surface area contributed by atoms with Gasteiger partial charge in [0.1, 0.15) is 0 Å². The van der Waals surface area contributed by atoms with Crippen molar-refractivity contribution >= 4 is 5.91 Å². The third kappa shape index (κ3) is 3.72. The Morgan fingerprint density at radius 1 is 1.50 bits per heavy atom. The molecule has 1 saturated carbocycles. The fourth-order valence-electron chi connectivity index (χ4n) is 1.10. The second kappa shape index (κ2) is 4.45. The van der Waals surface area contributed by atoms with Gasteiger partial charge in [0.25, 0.3) is 0 Å². The van der Waals surface area contributed by atoms with Crippen LogP contribution in [0.4, 0.5) is 0 Å². The van der Waals surface area contributed by atoms with E-state index in [9.17, 15) is 4.79 Å². The monoisotopic (exact) mass is 170 g/mol. The third-order valence-electron chi connectivity index (χ3n) is 2.03. The van der Waals surface area contributed by atoms with E-state index in [2.05, 4.69) is 10.2 Å². The predicted octanol–water partition coefficient (Wildman–Crippen LogP) is 0.464. The summed E-state index contributed by atoms with van der Waals surface area (Å²) in [5.74, 6) is 0.609. The second-order valence-electron chi connectivity index (χ2n) is 3.72. The van der Waals surface area contributed by atoms with E-state index in [4.69, 9.17) is 0 Å². The van der Waals surface area contributed by atoms with Gasteiger partial charge in [-0.15, -0.1) is 0 Å². The number of amides is 1. The first kappa shape index (κ1) is 9.52. The highest BCUT2D eigenvalue weighted by atomic mass is 16.2. The van der Waals surface area contributed by atoms with Gasteiger partial charge in [0.05, 0.1) is 0 Å². The van der Waals surface area contributed by atoms with Crippen LogP contribution in [0.25, 0.3) is 0 Å². The Bertz CT molecular complexity index is 153. The largest absolute Gasteiger partial charge is 0.356 e. The number of hydrogen-bond donors (Lipinski definition) is 1. The van der Waals surface area contributed by atoms with E-state index >= 15 is 0 Å². The van der Waals surface area contributed by atoms with Crippen LogP contribution in [0.2, 0.25) is 0 Å². The SMILES string of the molecule is CN(C)CCCNC(=O)C1CC1. The van der Waals surface area contributed by atoms with Crippen molar-refractivity contribution in [3.05, 3.63) is 0 Å². The van der Waals surface area contributed by atoms with E-state index in [-0.39, 0.29) is 5.91 Å². The lowest BCUT2D eigenvalue weighted by molar-refractivity contribution is -0.122. The highest BCUT2D eigenvalue weighted by Crippen LogP contribution is 2.28. The number of nitrogens with one attached hydrogen (secondary N) is 1. The standard InChI is InChI=1S/C9H18N2O/c1-11(2)7-3-6-10-9(12)8-4-5-8/h8H,3-7H2,1-2H3,(H,10,12). The highest BCUT2D eigenvalue weighted by molar-refractivity contribution is 5.80. The van der Waals surface area contributed by atoms with Gasteiger partial charge in [-0.2, -0.15) is 0 Å². The summed E-state index contributed by atoms with van der Waals surface area (Å²) in [6.45, 7) is 1.87. The van der Waals surface area contributed by atoms with E-state index in [1.165, 1.54) is 0 Å². The minimum Gasteiger partial charge on any atom is -0.356 e. The van der Waals surface area contributed by atoms with Crippen LogP contribution in [-0.2, 0) is 4.79 Å². The summed E-state index contributed by atoms with van der Waals surface area (Å²) in [5, 5.41) is 2.93. The number of hydrogen-bond acceptors (Lipinski definition) is 2. The molecule has 70 valence electrons. The average molecular weight is 170 g/mol. The molecule has 12 heavy (non-hydrogen) atoms. The molecule has 1 aliphatic rings. The summed E-state index contributed by atoms with van der Waals surface area (Å²) in [6.07, 6.45) is 3.24. The van der Waals surface area contributed by atoms with Gasteiger partial charge in [0.2, 0.25) is 5.91 Å². The topological polar surface area (TPSA) is 32.3 Å². The number of carbonyl (C=O) groups is 1. The smallest absolute Gasteiger partial charge is 0.223 e. The Balaban J connectivity index is 1.91. The molecule has 0 heterocycles. The molecule has 1 fully saturated rings. The molecule has 3 heteroatoms. The fourth-order valence-corrected chi connectivity index (χ4v) is 1.10. The first-order valence-electron chi connectivity index (χ1n) is 4.62. The Morgan fingerprint density at radius 2 is 2.17 bits per heavy atom. The summed E-state index contributed by atoms with van der Waals surface area (Å²) < 4.78 is 0. The molecule has 0 atom stereocenters. The quantitative estimate of drug-likeness (QED) is 0.608. The van der Waals surface area contributed by atoms with Gasteiger partial charge in [-0.1, -0.05) is 0 Å². The van der Waals surface area contributed by atoms with Crippen LogP contribution in [0.5, 0.6) is 0 Å². The van der Waals surface area contributed by atoms with Crippen molar-refractivity contribution in [1.29, 1.82) is 0 Å². The van der Waals surface area contributed by atoms with E-state index in [1.54, 1.807) is 0 Å². The molecule has 0 aromatic rings. The van der Waals surface area contributed by atoms with Crippen LogP contribution in [0.3, 0.4) is 0 Å². The summed E-state index contributed by atoms with van der Waals surface area (Å²) in [6, 6.07) is 0. The van der Waals surface area contributed by atoms with Gasteiger partial charge in [-0.3, -0.25) is 4.79 Å². The second-order valence-corrected chi connectivity index (χ2v) is 3.72. The zero-order valence-corrected chi connectivity index (χ0v) is 7.97. The Kier molecular flexibility index (Phi) is 3.53. The molecule has 1 amide bonds. The highest BCUT2D eigenvalue weighted by Gasteiger charge is 2.28. The molecule has 1 aliphatic carbocycles. The van der Waals surface area contributed by atoms with Crippen LogP contribution in [0, 0.1) is 5.92 Å². The summed E-state index contributed by atoms with van der Waals surface area (Å²) in [4.78, 5) is 13.3. The maximum Gasteiger partial charge on any atom is 0.223 e. The molecule has 0 radical (unpaired) electrons. The van der Waals surface area contributed by atoms with Crippen LogP contribution < -0.4 is 5.32 Å². The molecular formula is C9H18N2O. The van der Waals surface area contributed by atoms with Gasteiger partial charge in [0, 0.05) is 12.5 Å². The Hall–Kier alpha value is -0.570. The molecule has 3 nitrogen and oxygen atoms in total. The van der Waals surface area contributed by atoms with Gasteiger partial charge in [-0.05, 0) is 39.9 Å². The third-order valence-corrected chi connectivity index (χ3v) is 2.03. The van der Waals surface area contributed by atoms with Crippen LogP contribution in [0.1, 0.15) is 19.3 Å². The molecule has 0 aromatic heterocycles. The molecule has 0 aliphatic heterocycles. The molecule has 0 spiro atoms. The zero-order valence-electron chi connectivity index (χ0n) is 7.97. The molecular weight excluding hydrogens is 152 g/mol. The fraction of sp³-hybridized carbons (Fsp3) is 0.889. The molecule has 0 bridgehead atoms. The normalized spacial score (nSPS) is 16.6.